The summed E-state index contributed by atoms with van der Waals surface area (Å²) in [6.07, 6.45) is -5.57. The van der Waals surface area contributed by atoms with Gasteiger partial charge in [0.05, 0.1) is 5.69 Å². The Hall–Kier alpha value is -2.55. The number of alkyl halides is 3. The summed E-state index contributed by atoms with van der Waals surface area (Å²) >= 11 is 6.06. The van der Waals surface area contributed by atoms with Crippen LogP contribution in [-0.4, -0.2) is 28.0 Å². The first-order valence-electron chi connectivity index (χ1n) is 7.33. The fourth-order valence-corrected chi connectivity index (χ4v) is 2.09. The number of hydrogen-bond donors (Lipinski definition) is 1. The lowest BCUT2D eigenvalue weighted by atomic mass is 10.2. The number of amides is 1. The normalized spacial score (nSPS) is 11.8. The third kappa shape index (κ3) is 6.07. The fourth-order valence-electron chi connectivity index (χ4n) is 1.84. The van der Waals surface area contributed by atoms with Gasteiger partial charge in [0.15, 0.2) is 0 Å². The molecule has 0 fully saturated rings. The van der Waals surface area contributed by atoms with Crippen molar-refractivity contribution in [1.29, 1.82) is 0 Å². The third-order valence-corrected chi connectivity index (χ3v) is 2.99. The predicted octanol–water partition coefficient (Wildman–Crippen LogP) is 5.04. The average molecular weight is 390 g/mol. The van der Waals surface area contributed by atoms with Crippen LogP contribution < -0.4 is 10.1 Å². The summed E-state index contributed by atoms with van der Waals surface area (Å²) in [5.74, 6) is -0.502. The second-order valence-electron chi connectivity index (χ2n) is 6.07. The number of halogens is 4. The maximum atomic E-state index is 12.3. The van der Waals surface area contributed by atoms with Crippen LogP contribution in [0.15, 0.2) is 30.3 Å². The Balaban J connectivity index is 2.20. The lowest BCUT2D eigenvalue weighted by Crippen LogP contribution is -2.27. The van der Waals surface area contributed by atoms with Crippen LogP contribution in [0.25, 0.3) is 11.3 Å². The maximum absolute atomic E-state index is 12.3. The van der Waals surface area contributed by atoms with E-state index in [1.54, 1.807) is 20.8 Å². The van der Waals surface area contributed by atoms with E-state index in [-0.39, 0.29) is 22.2 Å². The van der Waals surface area contributed by atoms with Crippen molar-refractivity contribution in [2.24, 2.45) is 0 Å². The molecule has 0 spiro atoms. The Morgan fingerprint density at radius 2 is 1.81 bits per heavy atom. The van der Waals surface area contributed by atoms with E-state index in [0.717, 1.165) is 6.07 Å². The molecule has 0 bridgehead atoms. The number of rotatable bonds is 3. The molecule has 140 valence electrons. The number of hydrogen-bond acceptors (Lipinski definition) is 5. The maximum Gasteiger partial charge on any atom is 0.574 e. The molecule has 0 aromatic carbocycles. The number of ether oxygens (including phenoxy) is 2. The van der Waals surface area contributed by atoms with E-state index in [0.29, 0.717) is 0 Å². The number of nitrogens with zero attached hydrogens (tertiary/aromatic N) is 2. The second kappa shape index (κ2) is 7.36. The highest BCUT2D eigenvalue weighted by Gasteiger charge is 2.31. The zero-order valence-electron chi connectivity index (χ0n) is 14.0. The van der Waals surface area contributed by atoms with E-state index in [1.165, 1.54) is 24.3 Å². The minimum atomic E-state index is -4.85. The van der Waals surface area contributed by atoms with E-state index in [9.17, 15) is 18.0 Å². The Morgan fingerprint density at radius 3 is 2.38 bits per heavy atom. The van der Waals surface area contributed by atoms with Crippen molar-refractivity contribution in [3.05, 3.63) is 35.5 Å². The van der Waals surface area contributed by atoms with Gasteiger partial charge >= 0.3 is 12.5 Å². The second-order valence-corrected chi connectivity index (χ2v) is 6.43. The first kappa shape index (κ1) is 19.8. The highest BCUT2D eigenvalue weighted by Crippen LogP contribution is 2.29. The summed E-state index contributed by atoms with van der Waals surface area (Å²) in [5.41, 5.74) is -0.279. The van der Waals surface area contributed by atoms with Crippen molar-refractivity contribution in [3.8, 4) is 17.1 Å². The van der Waals surface area contributed by atoms with E-state index >= 15 is 0 Å². The summed E-state index contributed by atoms with van der Waals surface area (Å²) in [4.78, 5) is 19.4. The molecule has 10 heteroatoms. The zero-order chi connectivity index (χ0) is 19.5. The smallest absolute Gasteiger partial charge is 0.444 e. The Morgan fingerprint density at radius 1 is 1.12 bits per heavy atom. The van der Waals surface area contributed by atoms with Crippen LogP contribution >= 0.6 is 11.6 Å². The highest BCUT2D eigenvalue weighted by atomic mass is 35.5. The van der Waals surface area contributed by atoms with Crippen LogP contribution in [0.1, 0.15) is 20.8 Å². The van der Waals surface area contributed by atoms with Gasteiger partial charge in [0, 0.05) is 11.6 Å². The SMILES string of the molecule is CC(C)(C)OC(=O)Nc1ccc(-c2cccc(OC(F)(F)F)n2)c(Cl)n1. The van der Waals surface area contributed by atoms with Crippen molar-refractivity contribution in [1.82, 2.24) is 9.97 Å². The van der Waals surface area contributed by atoms with Crippen molar-refractivity contribution >= 4 is 23.5 Å². The van der Waals surface area contributed by atoms with Gasteiger partial charge in [-0.1, -0.05) is 17.7 Å². The molecule has 1 amide bonds. The van der Waals surface area contributed by atoms with Crippen LogP contribution in [0.5, 0.6) is 5.88 Å². The van der Waals surface area contributed by atoms with E-state index in [4.69, 9.17) is 16.3 Å². The molecular weight excluding hydrogens is 375 g/mol. The molecule has 0 radical (unpaired) electrons. The molecular formula is C16H15ClF3N3O3. The molecule has 0 aliphatic carbocycles. The molecule has 2 aromatic rings. The van der Waals surface area contributed by atoms with Crippen LogP contribution in [-0.2, 0) is 4.74 Å². The Bertz CT molecular complexity index is 807. The average Bonchev–Trinajstić information content (AvgIpc) is 2.43. The van der Waals surface area contributed by atoms with Crippen molar-refractivity contribution in [2.45, 2.75) is 32.7 Å². The summed E-state index contributed by atoms with van der Waals surface area (Å²) in [7, 11) is 0. The molecule has 26 heavy (non-hydrogen) atoms. The summed E-state index contributed by atoms with van der Waals surface area (Å²) < 4.78 is 45.7. The minimum Gasteiger partial charge on any atom is -0.444 e. The van der Waals surface area contributed by atoms with Gasteiger partial charge in [0.2, 0.25) is 5.88 Å². The van der Waals surface area contributed by atoms with Gasteiger partial charge in [-0.15, -0.1) is 13.2 Å². The van der Waals surface area contributed by atoms with Gasteiger partial charge in [0.25, 0.3) is 0 Å². The predicted molar refractivity (Wildman–Crippen MR) is 89.0 cm³/mol. The van der Waals surface area contributed by atoms with Gasteiger partial charge in [-0.2, -0.15) is 0 Å². The topological polar surface area (TPSA) is 73.3 Å². The quantitative estimate of drug-likeness (QED) is 0.744. The van der Waals surface area contributed by atoms with E-state index in [1.807, 2.05) is 0 Å². The molecule has 2 rings (SSSR count). The van der Waals surface area contributed by atoms with Gasteiger partial charge in [-0.05, 0) is 39.0 Å². The first-order chi connectivity index (χ1) is 11.9. The minimum absolute atomic E-state index is 0.0600. The van der Waals surface area contributed by atoms with Crippen molar-refractivity contribution in [3.63, 3.8) is 0 Å². The van der Waals surface area contributed by atoms with Gasteiger partial charge in [0.1, 0.15) is 16.6 Å². The fraction of sp³-hybridized carbons (Fsp3) is 0.312. The Kier molecular flexibility index (Phi) is 5.60. The molecule has 0 atom stereocenters. The standard InChI is InChI=1S/C16H15ClF3N3O3/c1-15(2,3)26-14(24)23-11-8-7-9(13(17)22-11)10-5-4-6-12(21-10)25-16(18,19)20/h4-8H,1-3H3,(H,22,23,24). The monoisotopic (exact) mass is 389 g/mol. The number of nitrogens with one attached hydrogen (secondary N) is 1. The largest absolute Gasteiger partial charge is 0.574 e. The zero-order valence-corrected chi connectivity index (χ0v) is 14.8. The third-order valence-electron chi connectivity index (χ3n) is 2.70. The lowest BCUT2D eigenvalue weighted by molar-refractivity contribution is -0.276. The van der Waals surface area contributed by atoms with Crippen molar-refractivity contribution in [2.75, 3.05) is 5.32 Å². The molecule has 6 nitrogen and oxygen atoms in total. The summed E-state index contributed by atoms with van der Waals surface area (Å²) in [6.45, 7) is 5.12. The molecule has 0 aliphatic rings. The van der Waals surface area contributed by atoms with E-state index in [2.05, 4.69) is 20.0 Å². The van der Waals surface area contributed by atoms with Crippen LogP contribution in [0.4, 0.5) is 23.8 Å². The molecule has 2 aromatic heterocycles. The number of carbonyl (C=O) groups is 1. The number of carbonyl (C=O) groups excluding carboxylic acids is 1. The van der Waals surface area contributed by atoms with Gasteiger partial charge in [-0.3, -0.25) is 5.32 Å². The molecule has 1 N–H and O–H groups in total. The number of anilines is 1. The summed E-state index contributed by atoms with van der Waals surface area (Å²) in [6, 6.07) is 6.74. The molecule has 0 aliphatic heterocycles. The van der Waals surface area contributed by atoms with Crippen LogP contribution in [0, 0.1) is 0 Å². The lowest BCUT2D eigenvalue weighted by Gasteiger charge is -2.19. The van der Waals surface area contributed by atoms with Crippen LogP contribution in [0.3, 0.4) is 0 Å². The van der Waals surface area contributed by atoms with E-state index < -0.39 is 23.9 Å². The number of aromatic nitrogens is 2. The van der Waals surface area contributed by atoms with Crippen molar-refractivity contribution < 1.29 is 27.4 Å². The highest BCUT2D eigenvalue weighted by molar-refractivity contribution is 6.32. The molecule has 0 saturated carbocycles. The molecule has 0 unspecified atom stereocenters. The molecule has 2 heterocycles. The van der Waals surface area contributed by atoms with Gasteiger partial charge in [-0.25, -0.2) is 14.8 Å². The molecule has 0 saturated heterocycles. The number of pyridine rings is 2. The Labute approximate surface area is 152 Å². The van der Waals surface area contributed by atoms with Gasteiger partial charge < -0.3 is 9.47 Å². The van der Waals surface area contributed by atoms with Crippen LogP contribution in [0.2, 0.25) is 5.15 Å². The summed E-state index contributed by atoms with van der Waals surface area (Å²) in [5, 5.41) is 2.35. The first-order valence-corrected chi connectivity index (χ1v) is 7.70.